The number of anilines is 5. The Bertz CT molecular complexity index is 982. The molecule has 30 heavy (non-hydrogen) atoms. The van der Waals surface area contributed by atoms with E-state index in [0.717, 1.165) is 41.5 Å². The molecule has 0 saturated carbocycles. The first-order valence-corrected chi connectivity index (χ1v) is 10.1. The van der Waals surface area contributed by atoms with E-state index in [0.29, 0.717) is 11.6 Å². The van der Waals surface area contributed by atoms with Crippen LogP contribution in [0.2, 0.25) is 0 Å². The smallest absolute Gasteiger partial charge is 0.323 e. The van der Waals surface area contributed by atoms with E-state index in [4.69, 9.17) is 0 Å². The average Bonchev–Trinajstić information content (AvgIpc) is 2.72. The van der Waals surface area contributed by atoms with Gasteiger partial charge in [0.25, 0.3) is 0 Å². The van der Waals surface area contributed by atoms with Gasteiger partial charge in [-0.2, -0.15) is 4.98 Å². The summed E-state index contributed by atoms with van der Waals surface area (Å²) in [6.45, 7) is 9.95. The summed E-state index contributed by atoms with van der Waals surface area (Å²) in [4.78, 5) is 23.4. The number of nitrogens with zero attached hydrogens (tertiary/aromatic N) is 3. The van der Waals surface area contributed by atoms with Crippen molar-refractivity contribution in [2.24, 2.45) is 0 Å². The molecule has 7 nitrogen and oxygen atoms in total. The van der Waals surface area contributed by atoms with Crippen molar-refractivity contribution in [3.63, 3.8) is 0 Å². The first kappa shape index (κ1) is 21.1. The number of hydrogen-bond donors (Lipinski definition) is 3. The molecule has 0 unspecified atom stereocenters. The van der Waals surface area contributed by atoms with Crippen molar-refractivity contribution in [3.8, 4) is 0 Å². The highest BCUT2D eigenvalue weighted by Gasteiger charge is 2.08. The fourth-order valence-corrected chi connectivity index (χ4v) is 3.01. The molecule has 0 saturated heterocycles. The lowest BCUT2D eigenvalue weighted by Gasteiger charge is -2.20. The second-order valence-electron chi connectivity index (χ2n) is 7.01. The van der Waals surface area contributed by atoms with E-state index in [-0.39, 0.29) is 6.03 Å². The molecule has 0 atom stereocenters. The van der Waals surface area contributed by atoms with Crippen molar-refractivity contribution in [1.29, 1.82) is 0 Å². The van der Waals surface area contributed by atoms with E-state index in [1.165, 1.54) is 0 Å². The molecular weight excluding hydrogens is 376 g/mol. The predicted octanol–water partition coefficient (Wildman–Crippen LogP) is 5.33. The van der Waals surface area contributed by atoms with E-state index in [1.54, 1.807) is 0 Å². The number of nitrogens with one attached hydrogen (secondary N) is 3. The number of rotatable bonds is 7. The Morgan fingerprint density at radius 2 is 1.37 bits per heavy atom. The van der Waals surface area contributed by atoms with Crippen molar-refractivity contribution >= 4 is 34.9 Å². The summed E-state index contributed by atoms with van der Waals surface area (Å²) >= 11 is 0. The van der Waals surface area contributed by atoms with Gasteiger partial charge in [-0.1, -0.05) is 17.7 Å². The summed E-state index contributed by atoms with van der Waals surface area (Å²) in [6, 6.07) is 16.8. The summed E-state index contributed by atoms with van der Waals surface area (Å²) < 4.78 is 0. The highest BCUT2D eigenvalue weighted by molar-refractivity contribution is 5.99. The molecule has 3 aromatic rings. The zero-order chi connectivity index (χ0) is 21.5. The predicted molar refractivity (Wildman–Crippen MR) is 124 cm³/mol. The molecular formula is C23H28N6O. The molecule has 2 aromatic carbocycles. The Kier molecular flexibility index (Phi) is 6.85. The van der Waals surface area contributed by atoms with E-state index in [2.05, 4.69) is 44.7 Å². The van der Waals surface area contributed by atoms with Crippen LogP contribution in [-0.2, 0) is 0 Å². The highest BCUT2D eigenvalue weighted by atomic mass is 16.2. The van der Waals surface area contributed by atoms with Gasteiger partial charge in [-0.25, -0.2) is 9.78 Å². The maximum absolute atomic E-state index is 12.2. The van der Waals surface area contributed by atoms with Gasteiger partial charge >= 0.3 is 6.03 Å². The topological polar surface area (TPSA) is 82.2 Å². The van der Waals surface area contributed by atoms with Crippen LogP contribution in [0.1, 0.15) is 25.1 Å². The summed E-state index contributed by atoms with van der Waals surface area (Å²) in [5.74, 6) is 1.45. The van der Waals surface area contributed by atoms with Gasteiger partial charge in [-0.05, 0) is 64.1 Å². The minimum atomic E-state index is -0.287. The molecule has 0 aliphatic carbocycles. The van der Waals surface area contributed by atoms with Gasteiger partial charge < -0.3 is 20.9 Å². The lowest BCUT2D eigenvalue weighted by atomic mass is 10.2. The maximum Gasteiger partial charge on any atom is 0.323 e. The molecule has 0 aliphatic heterocycles. The fraction of sp³-hybridized carbons (Fsp3) is 0.261. The number of benzene rings is 2. The zero-order valence-electron chi connectivity index (χ0n) is 17.9. The van der Waals surface area contributed by atoms with Gasteiger partial charge in [0.15, 0.2) is 0 Å². The molecule has 7 heteroatoms. The summed E-state index contributed by atoms with van der Waals surface area (Å²) in [5.41, 5.74) is 4.33. The minimum absolute atomic E-state index is 0.287. The summed E-state index contributed by atoms with van der Waals surface area (Å²) in [7, 11) is 0. The third kappa shape index (κ3) is 5.70. The Morgan fingerprint density at radius 1 is 0.833 bits per heavy atom. The van der Waals surface area contributed by atoms with Crippen LogP contribution in [0.25, 0.3) is 0 Å². The van der Waals surface area contributed by atoms with Gasteiger partial charge in [0.05, 0.1) is 0 Å². The summed E-state index contributed by atoms with van der Waals surface area (Å²) in [5, 5.41) is 8.88. The Balaban J connectivity index is 1.63. The van der Waals surface area contributed by atoms with Crippen LogP contribution in [0.15, 0.2) is 54.6 Å². The second-order valence-corrected chi connectivity index (χ2v) is 7.01. The molecule has 3 N–H and O–H groups in total. The van der Waals surface area contributed by atoms with Crippen LogP contribution in [0.4, 0.5) is 33.6 Å². The Labute approximate surface area is 177 Å². The first-order valence-electron chi connectivity index (χ1n) is 10.1. The molecule has 0 fully saturated rings. The maximum atomic E-state index is 12.2. The number of carbonyl (C=O) groups is 1. The third-order valence-corrected chi connectivity index (χ3v) is 4.64. The largest absolute Gasteiger partial charge is 0.357 e. The van der Waals surface area contributed by atoms with Crippen molar-refractivity contribution in [1.82, 2.24) is 9.97 Å². The Morgan fingerprint density at radius 3 is 1.93 bits per heavy atom. The number of aryl methyl sites for hydroxylation is 2. The van der Waals surface area contributed by atoms with E-state index in [9.17, 15) is 4.79 Å². The fourth-order valence-electron chi connectivity index (χ4n) is 3.01. The first-order chi connectivity index (χ1) is 14.5. The molecule has 156 valence electrons. The lowest BCUT2D eigenvalue weighted by molar-refractivity contribution is 0.262. The normalized spacial score (nSPS) is 10.4. The third-order valence-electron chi connectivity index (χ3n) is 4.64. The number of urea groups is 1. The molecule has 0 aliphatic rings. The van der Waals surface area contributed by atoms with E-state index < -0.39 is 0 Å². The van der Waals surface area contributed by atoms with Crippen LogP contribution in [0.5, 0.6) is 0 Å². The van der Waals surface area contributed by atoms with Gasteiger partial charge in [0, 0.05) is 41.9 Å². The van der Waals surface area contributed by atoms with Gasteiger partial charge in [0.2, 0.25) is 5.95 Å². The molecule has 0 radical (unpaired) electrons. The lowest BCUT2D eigenvalue weighted by Crippen LogP contribution is -2.23. The zero-order valence-corrected chi connectivity index (χ0v) is 17.9. The molecule has 1 aromatic heterocycles. The SMILES string of the molecule is CCN(CC)c1cc(C)nc(Nc2ccc(NC(=O)Nc3ccc(C)cc3)cc2)n1. The second kappa shape index (κ2) is 9.73. The average molecular weight is 405 g/mol. The summed E-state index contributed by atoms with van der Waals surface area (Å²) in [6.07, 6.45) is 0. The van der Waals surface area contributed by atoms with E-state index >= 15 is 0 Å². The molecule has 0 spiro atoms. The monoisotopic (exact) mass is 404 g/mol. The highest BCUT2D eigenvalue weighted by Crippen LogP contribution is 2.20. The number of amides is 2. The van der Waals surface area contributed by atoms with Crippen LogP contribution in [0, 0.1) is 13.8 Å². The van der Waals surface area contributed by atoms with Gasteiger partial charge in [-0.3, -0.25) is 0 Å². The van der Waals surface area contributed by atoms with Gasteiger partial charge in [0.1, 0.15) is 5.82 Å². The minimum Gasteiger partial charge on any atom is -0.357 e. The van der Waals surface area contributed by atoms with E-state index in [1.807, 2.05) is 68.4 Å². The van der Waals surface area contributed by atoms with Gasteiger partial charge in [-0.15, -0.1) is 0 Å². The molecule has 0 bridgehead atoms. The van der Waals surface area contributed by atoms with Crippen LogP contribution in [0.3, 0.4) is 0 Å². The molecule has 1 heterocycles. The van der Waals surface area contributed by atoms with Crippen molar-refractivity contribution in [2.45, 2.75) is 27.7 Å². The number of aromatic nitrogens is 2. The standard InChI is InChI=1S/C23H28N6O/c1-5-29(6-2)21-15-17(4)24-22(28-21)25-18-11-13-20(14-12-18)27-23(30)26-19-9-7-16(3)8-10-19/h7-15H,5-6H2,1-4H3,(H,24,25,28)(H2,26,27,30). The molecule has 3 rings (SSSR count). The quantitative estimate of drug-likeness (QED) is 0.496. The van der Waals surface area contributed by atoms with Crippen LogP contribution < -0.4 is 20.9 Å². The van der Waals surface area contributed by atoms with Crippen LogP contribution in [-0.4, -0.2) is 29.1 Å². The number of carbonyl (C=O) groups excluding carboxylic acids is 1. The molecule has 2 amide bonds. The Hall–Kier alpha value is -3.61. The van der Waals surface area contributed by atoms with Crippen LogP contribution >= 0.6 is 0 Å². The van der Waals surface area contributed by atoms with Crippen molar-refractivity contribution in [2.75, 3.05) is 33.9 Å². The number of hydrogen-bond acceptors (Lipinski definition) is 5. The van der Waals surface area contributed by atoms with Crippen molar-refractivity contribution < 1.29 is 4.79 Å². The van der Waals surface area contributed by atoms with Crippen molar-refractivity contribution in [3.05, 3.63) is 65.9 Å².